The summed E-state index contributed by atoms with van der Waals surface area (Å²) in [6.45, 7) is 0.996. The van der Waals surface area contributed by atoms with Crippen LogP contribution in [0.1, 0.15) is 29.7 Å². The molecule has 2 unspecified atom stereocenters. The topological polar surface area (TPSA) is 87.4 Å². The van der Waals surface area contributed by atoms with Crippen molar-refractivity contribution >= 4 is 9.84 Å². The fourth-order valence-corrected chi connectivity index (χ4v) is 4.09. The number of fused-ring (bicyclic) bond motifs is 1. The van der Waals surface area contributed by atoms with Gasteiger partial charge in [-0.2, -0.15) is 14.0 Å². The first-order valence-corrected chi connectivity index (χ1v) is 9.45. The van der Waals surface area contributed by atoms with Crippen LogP contribution in [0.25, 0.3) is 0 Å². The van der Waals surface area contributed by atoms with Gasteiger partial charge in [0.25, 0.3) is 0 Å². The lowest BCUT2D eigenvalue weighted by molar-refractivity contribution is 0.0165. The lowest BCUT2D eigenvalue weighted by Gasteiger charge is -2.19. The first-order valence-electron chi connectivity index (χ1n) is 7.90. The zero-order valence-corrected chi connectivity index (χ0v) is 15.1. The quantitative estimate of drug-likeness (QED) is 0.768. The van der Waals surface area contributed by atoms with Crippen molar-refractivity contribution in [3.05, 3.63) is 52.8 Å². The van der Waals surface area contributed by atoms with Crippen LogP contribution in [0, 0.1) is 17.1 Å². The van der Waals surface area contributed by atoms with E-state index in [0.717, 1.165) is 31.2 Å². The van der Waals surface area contributed by atoms with Crippen molar-refractivity contribution in [3.63, 3.8) is 0 Å². The number of halogens is 4. The average Bonchev–Trinajstić information content (AvgIpc) is 2.85. The lowest BCUT2D eigenvalue weighted by atomic mass is 10.0. The Balaban J connectivity index is 2.17. The van der Waals surface area contributed by atoms with E-state index in [1.165, 1.54) is 6.07 Å². The average molecular weight is 415 g/mol. The number of alkyl halides is 3. The molecule has 2 aromatic carbocycles. The molecule has 28 heavy (non-hydrogen) atoms. The Morgan fingerprint density at radius 1 is 1.32 bits per heavy atom. The summed E-state index contributed by atoms with van der Waals surface area (Å²) in [5.41, 5.74) is -3.02. The molecule has 2 atom stereocenters. The largest absolute Gasteiger partial charge is 0.457 e. The summed E-state index contributed by atoms with van der Waals surface area (Å²) in [7, 11) is -5.11. The van der Waals surface area contributed by atoms with Crippen LogP contribution in [0.15, 0.2) is 35.2 Å². The Labute approximate surface area is 157 Å². The number of ether oxygens (including phenoxy) is 1. The molecule has 10 heteroatoms. The summed E-state index contributed by atoms with van der Waals surface area (Å²) in [5, 5.41) is 19.1. The van der Waals surface area contributed by atoms with Crippen LogP contribution >= 0.6 is 0 Å². The molecule has 3 rings (SSSR count). The second kappa shape index (κ2) is 6.76. The first kappa shape index (κ1) is 20.1. The maximum absolute atomic E-state index is 14.7. The summed E-state index contributed by atoms with van der Waals surface area (Å²) >= 11 is 0. The molecule has 1 N–H and O–H groups in total. The van der Waals surface area contributed by atoms with Gasteiger partial charge < -0.3 is 9.84 Å². The zero-order chi connectivity index (χ0) is 20.9. The Kier molecular flexibility index (Phi) is 4.85. The number of hydrogen-bond donors (Lipinski definition) is 1. The normalized spacial score (nSPS) is 21.4. The van der Waals surface area contributed by atoms with Crippen LogP contribution < -0.4 is 4.74 Å². The molecule has 0 aromatic heterocycles. The maximum atomic E-state index is 14.7. The van der Waals surface area contributed by atoms with E-state index in [4.69, 9.17) is 10.00 Å². The summed E-state index contributed by atoms with van der Waals surface area (Å²) in [4.78, 5) is -0.893. The van der Waals surface area contributed by atoms with Gasteiger partial charge in [0.2, 0.25) is 9.84 Å². The second-order valence-corrected chi connectivity index (χ2v) is 8.39. The number of hydrogen-bond acceptors (Lipinski definition) is 5. The smallest absolute Gasteiger partial charge is 0.341 e. The number of aliphatic hydroxyl groups excluding tert-OH is 1. The molecule has 0 saturated heterocycles. The monoisotopic (exact) mass is 415 g/mol. The van der Waals surface area contributed by atoms with E-state index in [1.54, 1.807) is 6.07 Å². The van der Waals surface area contributed by atoms with Gasteiger partial charge in [0, 0.05) is 23.6 Å². The van der Waals surface area contributed by atoms with Gasteiger partial charge in [-0.05, 0) is 31.2 Å². The Morgan fingerprint density at radius 2 is 2.00 bits per heavy atom. The van der Waals surface area contributed by atoms with Gasteiger partial charge in [-0.25, -0.2) is 17.2 Å². The number of nitriles is 1. The third-order valence-corrected chi connectivity index (χ3v) is 5.85. The van der Waals surface area contributed by atoms with E-state index < -0.39 is 50.1 Å². The molecule has 0 radical (unpaired) electrons. The predicted molar refractivity (Wildman–Crippen MR) is 89.0 cm³/mol. The van der Waals surface area contributed by atoms with Crippen molar-refractivity contribution in [2.75, 3.05) is 0 Å². The SMILES string of the molecule is CC1(F)Cc2c(Oc3cc(F)cc(C#N)c3)ccc(S(=O)(=O)C(F)F)c2C1O. The molecule has 0 spiro atoms. The predicted octanol–water partition coefficient (Wildman–Crippen LogP) is 3.80. The van der Waals surface area contributed by atoms with Gasteiger partial charge in [-0.15, -0.1) is 0 Å². The molecule has 0 aliphatic heterocycles. The zero-order valence-electron chi connectivity index (χ0n) is 14.3. The highest BCUT2D eigenvalue weighted by Gasteiger charge is 2.47. The van der Waals surface area contributed by atoms with E-state index in [2.05, 4.69) is 0 Å². The molecule has 148 valence electrons. The van der Waals surface area contributed by atoms with Crippen molar-refractivity contribution in [3.8, 4) is 17.6 Å². The Morgan fingerprint density at radius 3 is 2.61 bits per heavy atom. The maximum Gasteiger partial charge on any atom is 0.341 e. The molecule has 0 heterocycles. The third-order valence-electron chi connectivity index (χ3n) is 4.41. The van der Waals surface area contributed by atoms with Crippen LogP contribution in [0.3, 0.4) is 0 Å². The Bertz CT molecular complexity index is 1090. The lowest BCUT2D eigenvalue weighted by Crippen LogP contribution is -2.24. The van der Waals surface area contributed by atoms with E-state index in [-0.39, 0.29) is 22.6 Å². The molecule has 5 nitrogen and oxygen atoms in total. The Hall–Kier alpha value is -2.64. The van der Waals surface area contributed by atoms with E-state index in [9.17, 15) is 31.1 Å². The summed E-state index contributed by atoms with van der Waals surface area (Å²) in [6, 6.07) is 6.63. The number of nitrogens with zero attached hydrogens (tertiary/aromatic N) is 1. The van der Waals surface area contributed by atoms with E-state index in [0.29, 0.717) is 0 Å². The molecule has 0 saturated carbocycles. The van der Waals surface area contributed by atoms with E-state index in [1.807, 2.05) is 0 Å². The summed E-state index contributed by atoms with van der Waals surface area (Å²) in [5.74, 6) is -4.82. The molecule has 0 fully saturated rings. The van der Waals surface area contributed by atoms with Gasteiger partial charge in [0.05, 0.1) is 16.5 Å². The van der Waals surface area contributed by atoms with Crippen molar-refractivity contribution in [2.45, 2.75) is 35.8 Å². The standard InChI is InChI=1S/C18H13F4NO4S/c1-18(22)7-12-13(27-11-5-9(8-23)4-10(19)6-11)2-3-14(15(12)16(18)24)28(25,26)17(20)21/h2-6,16-17,24H,7H2,1H3. The minimum Gasteiger partial charge on any atom is -0.457 e. The van der Waals surface area contributed by atoms with Crippen LogP contribution in [0.5, 0.6) is 11.5 Å². The number of benzene rings is 2. The number of aliphatic hydroxyl groups is 1. The highest BCUT2D eigenvalue weighted by Crippen LogP contribution is 2.49. The molecule has 0 amide bonds. The summed E-state index contributed by atoms with van der Waals surface area (Å²) in [6.07, 6.45) is -2.48. The highest BCUT2D eigenvalue weighted by molar-refractivity contribution is 7.91. The van der Waals surface area contributed by atoms with Gasteiger partial charge in [-0.3, -0.25) is 0 Å². The molecule has 2 aromatic rings. The fraction of sp³-hybridized carbons (Fsp3) is 0.278. The second-order valence-electron chi connectivity index (χ2n) is 6.51. The minimum atomic E-state index is -5.11. The van der Waals surface area contributed by atoms with E-state index >= 15 is 0 Å². The van der Waals surface area contributed by atoms with Crippen LogP contribution in [-0.2, 0) is 16.3 Å². The molecular weight excluding hydrogens is 402 g/mol. The van der Waals surface area contributed by atoms with Crippen LogP contribution in [0.4, 0.5) is 17.6 Å². The van der Waals surface area contributed by atoms with Gasteiger partial charge in [0.1, 0.15) is 29.1 Å². The molecular formula is C18H13F4NO4S. The number of rotatable bonds is 4. The van der Waals surface area contributed by atoms with Gasteiger partial charge in [-0.1, -0.05) is 0 Å². The molecule has 1 aliphatic carbocycles. The van der Waals surface area contributed by atoms with Crippen molar-refractivity contribution in [1.82, 2.24) is 0 Å². The fourth-order valence-electron chi connectivity index (χ4n) is 3.10. The highest BCUT2D eigenvalue weighted by atomic mass is 32.2. The third kappa shape index (κ3) is 3.31. The van der Waals surface area contributed by atoms with Crippen LogP contribution in [-0.4, -0.2) is 25.0 Å². The molecule has 0 bridgehead atoms. The number of sulfone groups is 1. The van der Waals surface area contributed by atoms with Gasteiger partial charge >= 0.3 is 5.76 Å². The van der Waals surface area contributed by atoms with Crippen molar-refractivity contribution in [2.24, 2.45) is 0 Å². The van der Waals surface area contributed by atoms with Gasteiger partial charge in [0.15, 0.2) is 0 Å². The minimum absolute atomic E-state index is 0.0566. The molecule has 1 aliphatic rings. The first-order chi connectivity index (χ1) is 13.0. The summed E-state index contributed by atoms with van der Waals surface area (Å²) < 4.78 is 83.6. The van der Waals surface area contributed by atoms with Crippen molar-refractivity contribution in [1.29, 1.82) is 5.26 Å². The van der Waals surface area contributed by atoms with Crippen LogP contribution in [0.2, 0.25) is 0 Å². The van der Waals surface area contributed by atoms with Crippen molar-refractivity contribution < 1.29 is 35.8 Å².